The number of carbonyl (C=O) groups excluding carboxylic acids is 3. The molecule has 0 spiro atoms. The molecule has 1 heterocycles. The van der Waals surface area contributed by atoms with Gasteiger partial charge in [0, 0.05) is 22.5 Å². The molecule has 7 heteroatoms. The molecule has 0 saturated carbocycles. The number of ether oxygens (including phenoxy) is 3. The summed E-state index contributed by atoms with van der Waals surface area (Å²) in [4.78, 5) is 39.6. The molecule has 33 heavy (non-hydrogen) atoms. The molecule has 1 aromatic rings. The summed E-state index contributed by atoms with van der Waals surface area (Å²) in [5.41, 5.74) is 2.80. The highest BCUT2D eigenvalue weighted by Gasteiger charge is 2.47. The third-order valence-electron chi connectivity index (χ3n) is 6.38. The van der Waals surface area contributed by atoms with Crippen molar-refractivity contribution in [2.75, 3.05) is 13.7 Å². The summed E-state index contributed by atoms with van der Waals surface area (Å²) >= 11 is 0. The van der Waals surface area contributed by atoms with Gasteiger partial charge in [-0.2, -0.15) is 0 Å². The molecule has 1 aromatic carbocycles. The van der Waals surface area contributed by atoms with Crippen molar-refractivity contribution in [3.63, 3.8) is 0 Å². The SMILES string of the molecule is CCOc1ccccc1[C@@H]1C(C(=O)O[C@@H](C)CC)=C(C)NC2=C1C(=O)[C@H](C(=O)OC)[C@H](C)C2. The van der Waals surface area contributed by atoms with Gasteiger partial charge in [-0.05, 0) is 45.6 Å². The Kier molecular flexibility index (Phi) is 7.61. The molecule has 7 nitrogen and oxygen atoms in total. The molecular weight excluding hydrogens is 422 g/mol. The maximum atomic E-state index is 13.8. The second kappa shape index (κ2) is 10.2. The number of ketones is 1. The van der Waals surface area contributed by atoms with Gasteiger partial charge in [0.2, 0.25) is 0 Å². The maximum Gasteiger partial charge on any atom is 0.337 e. The Morgan fingerprint density at radius 1 is 1.21 bits per heavy atom. The van der Waals surface area contributed by atoms with E-state index >= 15 is 0 Å². The molecule has 178 valence electrons. The van der Waals surface area contributed by atoms with E-state index in [1.807, 2.05) is 58.9 Å². The van der Waals surface area contributed by atoms with Crippen molar-refractivity contribution in [2.24, 2.45) is 11.8 Å². The van der Waals surface area contributed by atoms with E-state index in [1.165, 1.54) is 7.11 Å². The minimum atomic E-state index is -0.928. The quantitative estimate of drug-likeness (QED) is 0.490. The molecule has 0 amide bonds. The van der Waals surface area contributed by atoms with Crippen molar-refractivity contribution in [1.82, 2.24) is 5.32 Å². The first-order valence-corrected chi connectivity index (χ1v) is 11.5. The van der Waals surface area contributed by atoms with E-state index in [0.717, 1.165) is 5.70 Å². The lowest BCUT2D eigenvalue weighted by molar-refractivity contribution is -0.151. The van der Waals surface area contributed by atoms with Crippen molar-refractivity contribution in [3.8, 4) is 5.75 Å². The topological polar surface area (TPSA) is 90.9 Å². The monoisotopic (exact) mass is 455 g/mol. The Morgan fingerprint density at radius 3 is 2.55 bits per heavy atom. The molecule has 0 fully saturated rings. The largest absolute Gasteiger partial charge is 0.494 e. The predicted molar refractivity (Wildman–Crippen MR) is 123 cm³/mol. The van der Waals surface area contributed by atoms with Crippen molar-refractivity contribution >= 4 is 17.7 Å². The van der Waals surface area contributed by atoms with Crippen molar-refractivity contribution < 1.29 is 28.6 Å². The zero-order chi connectivity index (χ0) is 24.3. The molecule has 1 aliphatic carbocycles. The number of allylic oxidation sites excluding steroid dienone is 3. The second-order valence-corrected chi connectivity index (χ2v) is 8.63. The Labute approximate surface area is 195 Å². The van der Waals surface area contributed by atoms with Crippen LogP contribution in [0.2, 0.25) is 0 Å². The number of nitrogens with one attached hydrogen (secondary N) is 1. The summed E-state index contributed by atoms with van der Waals surface area (Å²) in [6, 6.07) is 7.37. The minimum Gasteiger partial charge on any atom is -0.494 e. The lowest BCUT2D eigenvalue weighted by atomic mass is 9.69. The number of benzene rings is 1. The van der Waals surface area contributed by atoms with Crippen LogP contribution in [-0.2, 0) is 23.9 Å². The van der Waals surface area contributed by atoms with E-state index in [4.69, 9.17) is 14.2 Å². The zero-order valence-electron chi connectivity index (χ0n) is 20.2. The summed E-state index contributed by atoms with van der Waals surface area (Å²) in [6.45, 7) is 9.75. The van der Waals surface area contributed by atoms with Gasteiger partial charge in [-0.3, -0.25) is 9.59 Å². The molecular formula is C26H33NO6. The van der Waals surface area contributed by atoms with Gasteiger partial charge in [-0.15, -0.1) is 0 Å². The normalized spacial score (nSPS) is 23.5. The van der Waals surface area contributed by atoms with E-state index in [9.17, 15) is 14.4 Å². The van der Waals surface area contributed by atoms with Crippen molar-refractivity contribution in [2.45, 2.75) is 59.5 Å². The number of hydrogen-bond donors (Lipinski definition) is 1. The number of dihydropyridines is 1. The molecule has 3 rings (SSSR count). The van der Waals surface area contributed by atoms with E-state index in [2.05, 4.69) is 5.32 Å². The molecule has 0 unspecified atom stereocenters. The van der Waals surface area contributed by atoms with E-state index in [1.54, 1.807) is 0 Å². The van der Waals surface area contributed by atoms with Crippen LogP contribution < -0.4 is 10.1 Å². The van der Waals surface area contributed by atoms with Crippen LogP contribution in [0.1, 0.15) is 58.9 Å². The maximum absolute atomic E-state index is 13.8. The van der Waals surface area contributed by atoms with Gasteiger partial charge in [-0.25, -0.2) is 4.79 Å². The van der Waals surface area contributed by atoms with Gasteiger partial charge in [0.05, 0.1) is 31.3 Å². The van der Waals surface area contributed by atoms with Crippen LogP contribution in [0.4, 0.5) is 0 Å². The highest BCUT2D eigenvalue weighted by molar-refractivity contribution is 6.12. The number of hydrogen-bond acceptors (Lipinski definition) is 7. The van der Waals surface area contributed by atoms with Gasteiger partial charge in [-0.1, -0.05) is 32.0 Å². The summed E-state index contributed by atoms with van der Waals surface area (Å²) in [7, 11) is 1.28. The summed E-state index contributed by atoms with van der Waals surface area (Å²) < 4.78 is 16.5. The first-order valence-electron chi connectivity index (χ1n) is 11.5. The number of methoxy groups -OCH3 is 1. The smallest absolute Gasteiger partial charge is 0.337 e. The summed E-state index contributed by atoms with van der Waals surface area (Å²) in [6.07, 6.45) is 0.875. The molecule has 0 bridgehead atoms. The second-order valence-electron chi connectivity index (χ2n) is 8.63. The lowest BCUT2D eigenvalue weighted by Crippen LogP contribution is -2.43. The fourth-order valence-corrected chi connectivity index (χ4v) is 4.60. The highest BCUT2D eigenvalue weighted by atomic mass is 16.5. The average molecular weight is 456 g/mol. The predicted octanol–water partition coefficient (Wildman–Crippen LogP) is 4.04. The number of esters is 2. The minimum absolute atomic E-state index is 0.236. The first kappa shape index (κ1) is 24.6. The van der Waals surface area contributed by atoms with Gasteiger partial charge in [0.25, 0.3) is 0 Å². The molecule has 4 atom stereocenters. The number of para-hydroxylation sites is 1. The fourth-order valence-electron chi connectivity index (χ4n) is 4.60. The van der Waals surface area contributed by atoms with E-state index in [-0.39, 0.29) is 17.8 Å². The third-order valence-corrected chi connectivity index (χ3v) is 6.38. The molecule has 2 aliphatic rings. The zero-order valence-corrected chi connectivity index (χ0v) is 20.2. The molecule has 0 radical (unpaired) electrons. The van der Waals surface area contributed by atoms with Crippen LogP contribution in [-0.4, -0.2) is 37.5 Å². The Morgan fingerprint density at radius 2 is 1.91 bits per heavy atom. The van der Waals surface area contributed by atoms with Crippen LogP contribution in [0.25, 0.3) is 0 Å². The Balaban J connectivity index is 2.21. The van der Waals surface area contributed by atoms with Gasteiger partial charge in [0.1, 0.15) is 11.7 Å². The van der Waals surface area contributed by atoms with Gasteiger partial charge in [0.15, 0.2) is 5.78 Å². The molecule has 0 aromatic heterocycles. The molecule has 1 N–H and O–H groups in total. The van der Waals surface area contributed by atoms with Crippen LogP contribution in [0, 0.1) is 11.8 Å². The average Bonchev–Trinajstić information content (AvgIpc) is 2.78. The Bertz CT molecular complexity index is 1010. The van der Waals surface area contributed by atoms with Gasteiger partial charge < -0.3 is 19.5 Å². The number of rotatable bonds is 7. The Hall–Kier alpha value is -3.09. The fraction of sp³-hybridized carbons (Fsp3) is 0.500. The molecule has 0 saturated heterocycles. The standard InChI is InChI=1S/C26H33NO6/c1-7-15(4)33-26(30)21-16(5)27-18-13-14(3)20(25(29)31-6)24(28)23(18)22(21)17-11-9-10-12-19(17)32-8-2/h9-12,14-15,20,22,27H,7-8,13H2,1-6H3/t14-,15+,20-,22-/m1/s1. The number of carbonyl (C=O) groups is 3. The summed E-state index contributed by atoms with van der Waals surface area (Å²) in [5, 5.41) is 3.27. The van der Waals surface area contributed by atoms with E-state index < -0.39 is 23.8 Å². The molecule has 1 aliphatic heterocycles. The summed E-state index contributed by atoms with van der Waals surface area (Å²) in [5.74, 6) is -2.68. The van der Waals surface area contributed by atoms with E-state index in [0.29, 0.717) is 47.6 Å². The van der Waals surface area contributed by atoms with Crippen LogP contribution in [0.3, 0.4) is 0 Å². The third kappa shape index (κ3) is 4.68. The van der Waals surface area contributed by atoms with Crippen molar-refractivity contribution in [1.29, 1.82) is 0 Å². The van der Waals surface area contributed by atoms with Crippen LogP contribution >= 0.6 is 0 Å². The first-order chi connectivity index (χ1) is 15.7. The number of Topliss-reactive ketones (excluding diaryl/α,β-unsaturated/α-hetero) is 1. The van der Waals surface area contributed by atoms with Crippen LogP contribution in [0.15, 0.2) is 46.8 Å². The van der Waals surface area contributed by atoms with Gasteiger partial charge >= 0.3 is 11.9 Å². The van der Waals surface area contributed by atoms with Crippen LogP contribution in [0.5, 0.6) is 5.75 Å². The lowest BCUT2D eigenvalue weighted by Gasteiger charge is -2.38. The van der Waals surface area contributed by atoms with Crippen molar-refractivity contribution in [3.05, 3.63) is 52.4 Å². The highest BCUT2D eigenvalue weighted by Crippen LogP contribution is 2.47.